The van der Waals surface area contributed by atoms with Gasteiger partial charge in [-0.2, -0.15) is 0 Å². The molecule has 1 N–H and O–H groups in total. The molecule has 1 aromatic rings. The van der Waals surface area contributed by atoms with Crippen molar-refractivity contribution in [3.8, 4) is 5.75 Å². The average molecular weight is 262 g/mol. The monoisotopic (exact) mass is 262 g/mol. The van der Waals surface area contributed by atoms with Crippen LogP contribution in [0.2, 0.25) is 0 Å². The Morgan fingerprint density at radius 3 is 2.89 bits per heavy atom. The number of hydrogen-bond donors (Lipinski definition) is 1. The number of benzene rings is 1. The molecular weight excluding hydrogens is 236 g/mol. The summed E-state index contributed by atoms with van der Waals surface area (Å²) in [5.41, 5.74) is 2.49. The summed E-state index contributed by atoms with van der Waals surface area (Å²) in [6.07, 6.45) is 2.55. The molecule has 0 radical (unpaired) electrons. The van der Waals surface area contributed by atoms with Crippen LogP contribution in [0.25, 0.3) is 0 Å². The first-order valence-corrected chi connectivity index (χ1v) is 7.19. The summed E-state index contributed by atoms with van der Waals surface area (Å²) in [7, 11) is 3.95. The van der Waals surface area contributed by atoms with Gasteiger partial charge in [0.2, 0.25) is 0 Å². The normalized spacial score (nSPS) is 22.2. The molecule has 0 aromatic heterocycles. The molecule has 2 rings (SSSR count). The Balaban J connectivity index is 2.04. The highest BCUT2D eigenvalue weighted by atomic mass is 16.5. The van der Waals surface area contributed by atoms with Gasteiger partial charge < -0.3 is 15.0 Å². The van der Waals surface area contributed by atoms with Gasteiger partial charge in [-0.25, -0.2) is 0 Å². The van der Waals surface area contributed by atoms with Crippen LogP contribution >= 0.6 is 0 Å². The van der Waals surface area contributed by atoms with Crippen LogP contribution in [0.4, 0.5) is 0 Å². The summed E-state index contributed by atoms with van der Waals surface area (Å²) in [5.74, 6) is 0.990. The number of methoxy groups -OCH3 is 1. The fraction of sp³-hybridized carbons (Fsp3) is 0.625. The first-order valence-electron chi connectivity index (χ1n) is 7.19. The van der Waals surface area contributed by atoms with Gasteiger partial charge in [-0.15, -0.1) is 0 Å². The SMILES string of the molecule is COc1cc(C)ccc1C(C)NC1CCCN(C)C1. The lowest BCUT2D eigenvalue weighted by molar-refractivity contribution is 0.218. The van der Waals surface area contributed by atoms with Crippen molar-refractivity contribution >= 4 is 0 Å². The van der Waals surface area contributed by atoms with E-state index in [1.807, 2.05) is 0 Å². The summed E-state index contributed by atoms with van der Waals surface area (Å²) in [4.78, 5) is 2.40. The molecule has 1 fully saturated rings. The molecule has 1 heterocycles. The predicted molar refractivity (Wildman–Crippen MR) is 79.8 cm³/mol. The topological polar surface area (TPSA) is 24.5 Å². The number of rotatable bonds is 4. The summed E-state index contributed by atoms with van der Waals surface area (Å²) in [5, 5.41) is 3.74. The number of likely N-dealkylation sites (tertiary alicyclic amines) is 1. The third-order valence-corrected chi connectivity index (χ3v) is 3.97. The number of ether oxygens (including phenoxy) is 1. The summed E-state index contributed by atoms with van der Waals surface area (Å²) < 4.78 is 5.51. The second-order valence-electron chi connectivity index (χ2n) is 5.74. The molecule has 0 saturated carbocycles. The molecule has 1 aromatic carbocycles. The van der Waals surface area contributed by atoms with Crippen molar-refractivity contribution in [3.05, 3.63) is 29.3 Å². The molecule has 1 aliphatic heterocycles. The molecule has 0 aliphatic carbocycles. The largest absolute Gasteiger partial charge is 0.496 e. The van der Waals surface area contributed by atoms with Crippen molar-refractivity contribution in [2.24, 2.45) is 0 Å². The van der Waals surface area contributed by atoms with Crippen molar-refractivity contribution in [3.63, 3.8) is 0 Å². The van der Waals surface area contributed by atoms with Gasteiger partial charge in [0, 0.05) is 24.2 Å². The molecule has 0 bridgehead atoms. The minimum Gasteiger partial charge on any atom is -0.496 e. The molecule has 106 valence electrons. The predicted octanol–water partition coefficient (Wildman–Crippen LogP) is 2.75. The van der Waals surface area contributed by atoms with E-state index >= 15 is 0 Å². The van der Waals surface area contributed by atoms with E-state index in [2.05, 4.69) is 49.3 Å². The van der Waals surface area contributed by atoms with E-state index in [-0.39, 0.29) is 0 Å². The highest BCUT2D eigenvalue weighted by molar-refractivity contribution is 5.39. The second-order valence-corrected chi connectivity index (χ2v) is 5.74. The van der Waals surface area contributed by atoms with E-state index in [4.69, 9.17) is 4.74 Å². The van der Waals surface area contributed by atoms with Crippen LogP contribution in [0.15, 0.2) is 18.2 Å². The van der Waals surface area contributed by atoms with Gasteiger partial charge in [0.25, 0.3) is 0 Å². The van der Waals surface area contributed by atoms with Crippen molar-refractivity contribution in [1.29, 1.82) is 0 Å². The average Bonchev–Trinajstić information content (AvgIpc) is 2.38. The maximum absolute atomic E-state index is 5.51. The molecule has 3 heteroatoms. The first kappa shape index (κ1) is 14.4. The maximum atomic E-state index is 5.51. The smallest absolute Gasteiger partial charge is 0.123 e. The van der Waals surface area contributed by atoms with E-state index in [1.165, 1.54) is 30.5 Å². The molecule has 3 nitrogen and oxygen atoms in total. The highest BCUT2D eigenvalue weighted by Crippen LogP contribution is 2.27. The first-order chi connectivity index (χ1) is 9.10. The standard InChI is InChI=1S/C16H26N2O/c1-12-7-8-15(16(10-12)19-4)13(2)17-14-6-5-9-18(3)11-14/h7-8,10,13-14,17H,5-6,9,11H2,1-4H3. The number of nitrogens with zero attached hydrogens (tertiary/aromatic N) is 1. The zero-order chi connectivity index (χ0) is 13.8. The van der Waals surface area contributed by atoms with Gasteiger partial charge in [-0.3, -0.25) is 0 Å². The van der Waals surface area contributed by atoms with Gasteiger partial charge in [0.15, 0.2) is 0 Å². The number of aryl methyl sites for hydroxylation is 1. The zero-order valence-electron chi connectivity index (χ0n) is 12.6. The van der Waals surface area contributed by atoms with Crippen molar-refractivity contribution in [2.75, 3.05) is 27.2 Å². The van der Waals surface area contributed by atoms with E-state index in [0.717, 1.165) is 12.3 Å². The van der Waals surface area contributed by atoms with Gasteiger partial charge in [0.1, 0.15) is 5.75 Å². The summed E-state index contributed by atoms with van der Waals surface area (Å²) in [6.45, 7) is 6.68. The highest BCUT2D eigenvalue weighted by Gasteiger charge is 2.20. The summed E-state index contributed by atoms with van der Waals surface area (Å²) >= 11 is 0. The number of nitrogens with one attached hydrogen (secondary N) is 1. The molecule has 2 atom stereocenters. The second kappa shape index (κ2) is 6.40. The Bertz CT molecular complexity index is 419. The third-order valence-electron chi connectivity index (χ3n) is 3.97. The minimum absolute atomic E-state index is 0.326. The lowest BCUT2D eigenvalue weighted by Crippen LogP contribution is -2.44. The van der Waals surface area contributed by atoms with Gasteiger partial charge in [0.05, 0.1) is 7.11 Å². The molecular formula is C16H26N2O. The van der Waals surface area contributed by atoms with Crippen molar-refractivity contribution < 1.29 is 4.74 Å². The minimum atomic E-state index is 0.326. The fourth-order valence-electron chi connectivity index (χ4n) is 2.92. The Morgan fingerprint density at radius 2 is 2.21 bits per heavy atom. The quantitative estimate of drug-likeness (QED) is 0.903. The Morgan fingerprint density at radius 1 is 1.42 bits per heavy atom. The molecule has 0 amide bonds. The number of piperidine rings is 1. The Hall–Kier alpha value is -1.06. The Kier molecular flexibility index (Phi) is 4.83. The van der Waals surface area contributed by atoms with Gasteiger partial charge >= 0.3 is 0 Å². The molecule has 1 aliphatic rings. The van der Waals surface area contributed by atoms with Crippen molar-refractivity contribution in [1.82, 2.24) is 10.2 Å². The van der Waals surface area contributed by atoms with Crippen LogP contribution in [0.3, 0.4) is 0 Å². The van der Waals surface area contributed by atoms with Crippen LogP contribution in [-0.2, 0) is 0 Å². The van der Waals surface area contributed by atoms with E-state index in [0.29, 0.717) is 12.1 Å². The lowest BCUT2D eigenvalue weighted by Gasteiger charge is -2.32. The fourth-order valence-corrected chi connectivity index (χ4v) is 2.92. The number of hydrogen-bond acceptors (Lipinski definition) is 3. The zero-order valence-corrected chi connectivity index (χ0v) is 12.6. The van der Waals surface area contributed by atoms with Gasteiger partial charge in [-0.05, 0) is 51.9 Å². The molecule has 0 spiro atoms. The van der Waals surface area contributed by atoms with Crippen LogP contribution in [-0.4, -0.2) is 38.2 Å². The van der Waals surface area contributed by atoms with E-state index in [9.17, 15) is 0 Å². The van der Waals surface area contributed by atoms with Crippen LogP contribution in [0, 0.1) is 6.92 Å². The van der Waals surface area contributed by atoms with Crippen LogP contribution < -0.4 is 10.1 Å². The van der Waals surface area contributed by atoms with Crippen molar-refractivity contribution in [2.45, 2.75) is 38.8 Å². The van der Waals surface area contributed by atoms with E-state index in [1.54, 1.807) is 7.11 Å². The maximum Gasteiger partial charge on any atom is 0.123 e. The Labute approximate surface area is 116 Å². The van der Waals surface area contributed by atoms with E-state index < -0.39 is 0 Å². The third kappa shape index (κ3) is 3.71. The van der Waals surface area contributed by atoms with Crippen LogP contribution in [0.5, 0.6) is 5.75 Å². The lowest BCUT2D eigenvalue weighted by atomic mass is 10.0. The van der Waals surface area contributed by atoms with Gasteiger partial charge in [-0.1, -0.05) is 12.1 Å². The summed E-state index contributed by atoms with van der Waals surface area (Å²) in [6, 6.07) is 7.36. The molecule has 2 unspecified atom stereocenters. The molecule has 1 saturated heterocycles. The number of likely N-dealkylation sites (N-methyl/N-ethyl adjacent to an activating group) is 1. The molecule has 19 heavy (non-hydrogen) atoms. The van der Waals surface area contributed by atoms with Crippen LogP contribution in [0.1, 0.15) is 36.9 Å².